The second kappa shape index (κ2) is 8.88. The molecule has 0 spiro atoms. The fraction of sp³-hybridized carbons (Fsp3) is 0.385. The van der Waals surface area contributed by atoms with Crippen LogP contribution in [0.25, 0.3) is 5.70 Å². The first kappa shape index (κ1) is 20.9. The number of hydrogen-bond acceptors (Lipinski definition) is 6. The number of hydrogen-bond donors (Lipinski definition) is 3. The van der Waals surface area contributed by atoms with Crippen molar-refractivity contribution < 1.29 is 5.11 Å². The Morgan fingerprint density at radius 1 is 1.19 bits per heavy atom. The molecule has 0 amide bonds. The average Bonchev–Trinajstić information content (AvgIpc) is 2.78. The van der Waals surface area contributed by atoms with Crippen LogP contribution in [0.4, 0.5) is 5.69 Å². The smallest absolute Gasteiger partial charge is 0.137 e. The summed E-state index contributed by atoms with van der Waals surface area (Å²) in [5, 5.41) is 16.8. The first-order valence-corrected chi connectivity index (χ1v) is 11.6. The third kappa shape index (κ3) is 3.96. The van der Waals surface area contributed by atoms with Gasteiger partial charge in [0.05, 0.1) is 12.3 Å². The molecule has 5 rings (SSSR count). The second-order valence-corrected chi connectivity index (χ2v) is 9.00. The minimum Gasteiger partial charge on any atom is -0.398 e. The van der Waals surface area contributed by atoms with Crippen LogP contribution in [0.2, 0.25) is 0 Å². The third-order valence-corrected chi connectivity index (χ3v) is 7.05. The van der Waals surface area contributed by atoms with Gasteiger partial charge in [-0.1, -0.05) is 12.1 Å². The molecule has 1 aromatic carbocycles. The second-order valence-electron chi connectivity index (χ2n) is 9.00. The number of benzene rings is 1. The van der Waals surface area contributed by atoms with E-state index < -0.39 is 0 Å². The van der Waals surface area contributed by atoms with Crippen LogP contribution in [-0.4, -0.2) is 53.2 Å². The maximum absolute atomic E-state index is 9.21. The molecule has 3 aliphatic heterocycles. The third-order valence-electron chi connectivity index (χ3n) is 7.05. The molecule has 166 valence electrons. The maximum atomic E-state index is 9.21. The van der Waals surface area contributed by atoms with Crippen LogP contribution in [0.5, 0.6) is 0 Å². The molecule has 4 aliphatic rings. The number of nitrogens with two attached hydrogens (primary N) is 1. The number of nitrogens with one attached hydrogen (secondary N) is 1. The number of rotatable bonds is 5. The first-order valence-electron chi connectivity index (χ1n) is 11.6. The van der Waals surface area contributed by atoms with Crippen LogP contribution in [0.1, 0.15) is 43.2 Å². The predicted octanol–water partition coefficient (Wildman–Crippen LogP) is 3.92. The van der Waals surface area contributed by atoms with E-state index in [1.54, 1.807) is 0 Å². The van der Waals surface area contributed by atoms with Crippen molar-refractivity contribution in [1.82, 2.24) is 9.80 Å². The maximum Gasteiger partial charge on any atom is 0.137 e. The molecule has 0 radical (unpaired) electrons. The molecule has 6 nitrogen and oxygen atoms in total. The van der Waals surface area contributed by atoms with Gasteiger partial charge in [0.1, 0.15) is 5.84 Å². The summed E-state index contributed by atoms with van der Waals surface area (Å²) in [6, 6.07) is 5.80. The summed E-state index contributed by atoms with van der Waals surface area (Å²) >= 11 is 0. The van der Waals surface area contributed by atoms with Crippen molar-refractivity contribution in [2.75, 3.05) is 32.0 Å². The largest absolute Gasteiger partial charge is 0.398 e. The van der Waals surface area contributed by atoms with Gasteiger partial charge < -0.3 is 26.0 Å². The van der Waals surface area contributed by atoms with Gasteiger partial charge in [-0.25, -0.2) is 4.99 Å². The van der Waals surface area contributed by atoms with Gasteiger partial charge >= 0.3 is 0 Å². The summed E-state index contributed by atoms with van der Waals surface area (Å²) in [4.78, 5) is 9.60. The minimum atomic E-state index is 0.238. The molecule has 0 aromatic heterocycles. The standard InChI is InChI=1S/C26H31N5O/c27-16-22-14-20(4-6-23(22)28)24-15-25(19-2-1-3-19)31-17-21(5-7-26(31)29-24)18-8-10-30(11-9-18)12-13-32/h4-7,14-18,27,32H,1-3,8-13,28H2. The summed E-state index contributed by atoms with van der Waals surface area (Å²) in [5.41, 5.74) is 13.4. The lowest BCUT2D eigenvalue weighted by atomic mass is 9.86. The van der Waals surface area contributed by atoms with Crippen LogP contribution in [0.15, 0.2) is 64.5 Å². The van der Waals surface area contributed by atoms with Gasteiger partial charge in [0.15, 0.2) is 0 Å². The summed E-state index contributed by atoms with van der Waals surface area (Å²) in [6.45, 7) is 3.10. The fourth-order valence-corrected chi connectivity index (χ4v) is 4.91. The monoisotopic (exact) mass is 429 g/mol. The fourth-order valence-electron chi connectivity index (χ4n) is 4.91. The van der Waals surface area contributed by atoms with E-state index in [1.807, 2.05) is 18.2 Å². The van der Waals surface area contributed by atoms with Gasteiger partial charge in [0, 0.05) is 41.5 Å². The summed E-state index contributed by atoms with van der Waals surface area (Å²) < 4.78 is 0. The highest BCUT2D eigenvalue weighted by Gasteiger charge is 2.29. The Morgan fingerprint density at radius 3 is 2.69 bits per heavy atom. The van der Waals surface area contributed by atoms with Crippen LogP contribution in [-0.2, 0) is 0 Å². The molecule has 1 aromatic rings. The normalized spacial score (nSPS) is 21.5. The molecular weight excluding hydrogens is 398 g/mol. The Hall–Kier alpha value is -2.96. The lowest BCUT2D eigenvalue weighted by Gasteiger charge is -2.37. The molecule has 1 saturated carbocycles. The Morgan fingerprint density at radius 2 is 2.00 bits per heavy atom. The zero-order valence-electron chi connectivity index (χ0n) is 18.4. The van der Waals surface area contributed by atoms with Gasteiger partial charge in [-0.05, 0) is 86.5 Å². The van der Waals surface area contributed by atoms with Crippen LogP contribution < -0.4 is 5.73 Å². The molecule has 0 bridgehead atoms. The van der Waals surface area contributed by atoms with E-state index in [-0.39, 0.29) is 6.61 Å². The van der Waals surface area contributed by atoms with E-state index in [0.29, 0.717) is 11.6 Å². The lowest BCUT2D eigenvalue weighted by molar-refractivity contribution is 0.157. The number of nitrogens with zero attached hydrogens (tertiary/aromatic N) is 3. The average molecular weight is 430 g/mol. The number of aliphatic hydroxyl groups excluding tert-OH is 1. The number of nitrogen functional groups attached to an aromatic ring is 1. The number of aliphatic imine (C=N–C) groups is 1. The van der Waals surface area contributed by atoms with Gasteiger partial charge in [0.25, 0.3) is 0 Å². The quantitative estimate of drug-likeness (QED) is 0.489. The number of amidine groups is 1. The number of allylic oxidation sites excluding steroid dienone is 4. The molecule has 0 atom stereocenters. The Balaban J connectivity index is 1.44. The van der Waals surface area contributed by atoms with E-state index in [0.717, 1.165) is 68.0 Å². The molecular formula is C26H31N5O. The van der Waals surface area contributed by atoms with Crippen molar-refractivity contribution in [3.8, 4) is 0 Å². The highest BCUT2D eigenvalue weighted by atomic mass is 16.3. The van der Waals surface area contributed by atoms with Crippen LogP contribution >= 0.6 is 0 Å². The summed E-state index contributed by atoms with van der Waals surface area (Å²) in [7, 11) is 0. The first-order chi connectivity index (χ1) is 15.7. The van der Waals surface area contributed by atoms with E-state index in [1.165, 1.54) is 29.5 Å². The minimum absolute atomic E-state index is 0.238. The lowest BCUT2D eigenvalue weighted by Crippen LogP contribution is -2.37. The number of piperidine rings is 1. The SMILES string of the molecule is N=Cc1cc(C2=CC(=C3CCC3)N3C=C(C4CCN(CCO)CC4)C=CC3=N2)ccc1N. The molecule has 6 heteroatoms. The van der Waals surface area contributed by atoms with Crippen LogP contribution in [0.3, 0.4) is 0 Å². The number of aliphatic hydroxyl groups is 1. The number of likely N-dealkylation sites (tertiary alicyclic amines) is 1. The highest BCUT2D eigenvalue weighted by Crippen LogP contribution is 2.38. The zero-order chi connectivity index (χ0) is 22.1. The Labute approximate surface area is 189 Å². The Bertz CT molecular complexity index is 1060. The summed E-state index contributed by atoms with van der Waals surface area (Å²) in [5.74, 6) is 1.50. The van der Waals surface area contributed by atoms with Crippen molar-refractivity contribution in [2.45, 2.75) is 32.1 Å². The number of fused-ring (bicyclic) bond motifs is 1. The van der Waals surface area contributed by atoms with E-state index in [4.69, 9.17) is 16.1 Å². The highest BCUT2D eigenvalue weighted by molar-refractivity contribution is 6.02. The van der Waals surface area contributed by atoms with Gasteiger partial charge in [-0.15, -0.1) is 0 Å². The molecule has 0 unspecified atom stereocenters. The van der Waals surface area contributed by atoms with E-state index >= 15 is 0 Å². The Kier molecular flexibility index (Phi) is 5.81. The number of anilines is 1. The topological polar surface area (TPSA) is 88.9 Å². The zero-order valence-corrected chi connectivity index (χ0v) is 18.4. The van der Waals surface area contributed by atoms with Crippen LogP contribution in [0, 0.1) is 11.3 Å². The molecule has 3 heterocycles. The van der Waals surface area contributed by atoms with Crippen molar-refractivity contribution in [3.63, 3.8) is 0 Å². The van der Waals surface area contributed by atoms with Crippen molar-refractivity contribution in [2.24, 2.45) is 10.9 Å². The predicted molar refractivity (Wildman–Crippen MR) is 130 cm³/mol. The van der Waals surface area contributed by atoms with Crippen molar-refractivity contribution >= 4 is 23.4 Å². The molecule has 32 heavy (non-hydrogen) atoms. The molecule has 1 aliphatic carbocycles. The summed E-state index contributed by atoms with van der Waals surface area (Å²) in [6.07, 6.45) is 16.0. The molecule has 1 saturated heterocycles. The number of β-amino-alcohol motifs (C(OH)–C–C–N with tert-alkyl or cyclic N) is 1. The van der Waals surface area contributed by atoms with E-state index in [9.17, 15) is 5.11 Å². The van der Waals surface area contributed by atoms with Gasteiger partial charge in [-0.3, -0.25) is 0 Å². The van der Waals surface area contributed by atoms with Gasteiger partial charge in [0.2, 0.25) is 0 Å². The van der Waals surface area contributed by atoms with E-state index in [2.05, 4.69) is 34.2 Å². The van der Waals surface area contributed by atoms with Gasteiger partial charge in [-0.2, -0.15) is 0 Å². The molecule has 4 N–H and O–H groups in total. The van der Waals surface area contributed by atoms with Crippen molar-refractivity contribution in [3.05, 3.63) is 70.6 Å². The van der Waals surface area contributed by atoms with Crippen molar-refractivity contribution in [1.29, 1.82) is 5.41 Å². The molecule has 2 fully saturated rings.